The highest BCUT2D eigenvalue weighted by atomic mass is 127. The van der Waals surface area contributed by atoms with Gasteiger partial charge < -0.3 is 10.6 Å². The lowest BCUT2D eigenvalue weighted by Gasteiger charge is -2.14. The second-order valence-electron chi connectivity index (χ2n) is 3.40. The van der Waals surface area contributed by atoms with Gasteiger partial charge in [0.1, 0.15) is 4.88 Å². The van der Waals surface area contributed by atoms with E-state index in [9.17, 15) is 4.79 Å². The van der Waals surface area contributed by atoms with Crippen LogP contribution in [0.4, 0.5) is 0 Å². The van der Waals surface area contributed by atoms with Gasteiger partial charge in [0, 0.05) is 22.7 Å². The summed E-state index contributed by atoms with van der Waals surface area (Å²) in [5.41, 5.74) is 5.76. The first-order valence-corrected chi connectivity index (χ1v) is 6.42. The Bertz CT molecular complexity index is 352. The molecule has 5 heteroatoms. The van der Waals surface area contributed by atoms with Crippen LogP contribution in [-0.4, -0.2) is 29.9 Å². The highest BCUT2D eigenvalue weighted by Gasteiger charge is 2.26. The van der Waals surface area contributed by atoms with Crippen LogP contribution in [0, 0.1) is 3.57 Å². The third kappa shape index (κ3) is 1.94. The summed E-state index contributed by atoms with van der Waals surface area (Å²) in [5, 5.41) is 1.95. The number of amides is 1. The van der Waals surface area contributed by atoms with Crippen molar-refractivity contribution in [3.63, 3.8) is 0 Å². The third-order valence-electron chi connectivity index (χ3n) is 2.32. The summed E-state index contributed by atoms with van der Waals surface area (Å²) in [7, 11) is 0. The molecule has 0 spiro atoms. The second kappa shape index (κ2) is 4.16. The molecule has 1 atom stereocenters. The minimum atomic E-state index is 0.136. The zero-order valence-corrected chi connectivity index (χ0v) is 10.5. The maximum absolute atomic E-state index is 12.0. The molecule has 1 aromatic heterocycles. The molecule has 1 aromatic rings. The average Bonchev–Trinajstić information content (AvgIpc) is 2.73. The number of nitrogens with two attached hydrogens (primary N) is 1. The van der Waals surface area contributed by atoms with E-state index < -0.39 is 0 Å². The summed E-state index contributed by atoms with van der Waals surface area (Å²) in [6.07, 6.45) is 0.924. The van der Waals surface area contributed by atoms with Gasteiger partial charge >= 0.3 is 0 Å². The Labute approximate surface area is 100 Å². The number of nitrogens with zero attached hydrogens (tertiary/aromatic N) is 1. The van der Waals surface area contributed by atoms with Crippen LogP contribution in [0.25, 0.3) is 0 Å². The van der Waals surface area contributed by atoms with Gasteiger partial charge in [0.2, 0.25) is 0 Å². The molecule has 0 radical (unpaired) electrons. The Hall–Kier alpha value is -0.140. The minimum Gasteiger partial charge on any atom is -0.336 e. The predicted molar refractivity (Wildman–Crippen MR) is 65.5 cm³/mol. The van der Waals surface area contributed by atoms with Gasteiger partial charge in [-0.2, -0.15) is 0 Å². The number of hydrogen-bond donors (Lipinski definition) is 1. The first-order chi connectivity index (χ1) is 6.68. The SMILES string of the molecule is NC1CCN(C(=O)c2sccc2I)C1. The van der Waals surface area contributed by atoms with Gasteiger partial charge in [-0.1, -0.05) is 0 Å². The van der Waals surface area contributed by atoms with Gasteiger partial charge in [-0.15, -0.1) is 11.3 Å². The Kier molecular flexibility index (Phi) is 3.08. The fourth-order valence-corrected chi connectivity index (χ4v) is 3.35. The van der Waals surface area contributed by atoms with Gasteiger partial charge in [-0.3, -0.25) is 4.79 Å². The topological polar surface area (TPSA) is 46.3 Å². The maximum atomic E-state index is 12.0. The molecular formula is C9H11IN2OS. The molecule has 1 aliphatic rings. The number of thiophene rings is 1. The van der Waals surface area contributed by atoms with E-state index in [4.69, 9.17) is 5.73 Å². The van der Waals surface area contributed by atoms with Gasteiger partial charge in [-0.05, 0) is 40.5 Å². The molecule has 1 aliphatic heterocycles. The van der Waals surface area contributed by atoms with Crippen LogP contribution >= 0.6 is 33.9 Å². The fourth-order valence-electron chi connectivity index (χ4n) is 1.56. The van der Waals surface area contributed by atoms with Crippen molar-refractivity contribution in [1.29, 1.82) is 0 Å². The highest BCUT2D eigenvalue weighted by molar-refractivity contribution is 14.1. The molecule has 2 N–H and O–H groups in total. The maximum Gasteiger partial charge on any atom is 0.265 e. The third-order valence-corrected chi connectivity index (χ3v) is 4.49. The Balaban J connectivity index is 2.13. The summed E-state index contributed by atoms with van der Waals surface area (Å²) in [5.74, 6) is 0.136. The summed E-state index contributed by atoms with van der Waals surface area (Å²) >= 11 is 3.70. The van der Waals surface area contributed by atoms with E-state index in [1.54, 1.807) is 0 Å². The second-order valence-corrected chi connectivity index (χ2v) is 5.48. The van der Waals surface area contributed by atoms with Crippen LogP contribution in [0.1, 0.15) is 16.1 Å². The van der Waals surface area contributed by atoms with Crippen molar-refractivity contribution < 1.29 is 4.79 Å². The standard InChI is InChI=1S/C9H11IN2OS/c10-7-2-4-14-8(7)9(13)12-3-1-6(11)5-12/h2,4,6H,1,3,5,11H2. The van der Waals surface area contributed by atoms with E-state index in [2.05, 4.69) is 22.6 Å². The molecule has 1 saturated heterocycles. The lowest BCUT2D eigenvalue weighted by atomic mass is 10.3. The Morgan fingerprint density at radius 1 is 1.71 bits per heavy atom. The lowest BCUT2D eigenvalue weighted by Crippen LogP contribution is -2.31. The van der Waals surface area contributed by atoms with E-state index in [0.29, 0.717) is 6.54 Å². The molecule has 0 aliphatic carbocycles. The lowest BCUT2D eigenvalue weighted by molar-refractivity contribution is 0.0794. The van der Waals surface area contributed by atoms with Crippen molar-refractivity contribution >= 4 is 39.8 Å². The summed E-state index contributed by atoms with van der Waals surface area (Å²) in [4.78, 5) is 14.6. The van der Waals surface area contributed by atoms with Gasteiger partial charge in [0.25, 0.3) is 5.91 Å². The minimum absolute atomic E-state index is 0.136. The number of carbonyl (C=O) groups is 1. The monoisotopic (exact) mass is 322 g/mol. The predicted octanol–water partition coefficient (Wildman–Crippen LogP) is 1.53. The Morgan fingerprint density at radius 2 is 2.50 bits per heavy atom. The van der Waals surface area contributed by atoms with Crippen LogP contribution in [-0.2, 0) is 0 Å². The fraction of sp³-hybridized carbons (Fsp3) is 0.444. The normalized spacial score (nSPS) is 21.6. The summed E-state index contributed by atoms with van der Waals surface area (Å²) in [6.45, 7) is 1.50. The molecule has 0 bridgehead atoms. The van der Waals surface area contributed by atoms with Crippen LogP contribution in [0.3, 0.4) is 0 Å². The molecule has 1 unspecified atom stereocenters. The van der Waals surface area contributed by atoms with Crippen molar-refractivity contribution in [2.75, 3.05) is 13.1 Å². The number of rotatable bonds is 1. The van der Waals surface area contributed by atoms with Crippen molar-refractivity contribution in [3.05, 3.63) is 19.9 Å². The van der Waals surface area contributed by atoms with E-state index >= 15 is 0 Å². The smallest absolute Gasteiger partial charge is 0.265 e. The Morgan fingerprint density at radius 3 is 3.00 bits per heavy atom. The molecule has 1 fully saturated rings. The van der Waals surface area contributed by atoms with Crippen LogP contribution in [0.5, 0.6) is 0 Å². The number of likely N-dealkylation sites (tertiary alicyclic amines) is 1. The van der Waals surface area contributed by atoms with E-state index in [1.807, 2.05) is 16.3 Å². The zero-order chi connectivity index (χ0) is 10.1. The largest absolute Gasteiger partial charge is 0.336 e. The van der Waals surface area contributed by atoms with E-state index in [-0.39, 0.29) is 11.9 Å². The summed E-state index contributed by atoms with van der Waals surface area (Å²) in [6, 6.07) is 2.13. The quantitative estimate of drug-likeness (QED) is 0.797. The van der Waals surface area contributed by atoms with Crippen molar-refractivity contribution in [2.45, 2.75) is 12.5 Å². The van der Waals surface area contributed by atoms with E-state index in [1.165, 1.54) is 11.3 Å². The number of hydrogen-bond acceptors (Lipinski definition) is 3. The first-order valence-electron chi connectivity index (χ1n) is 4.46. The van der Waals surface area contributed by atoms with Crippen LogP contribution in [0.15, 0.2) is 11.4 Å². The molecular weight excluding hydrogens is 311 g/mol. The molecule has 76 valence electrons. The van der Waals surface area contributed by atoms with Gasteiger partial charge in [0.05, 0.1) is 0 Å². The van der Waals surface area contributed by atoms with Crippen LogP contribution < -0.4 is 5.73 Å². The highest BCUT2D eigenvalue weighted by Crippen LogP contribution is 2.22. The summed E-state index contributed by atoms with van der Waals surface area (Å²) < 4.78 is 1.04. The van der Waals surface area contributed by atoms with Gasteiger partial charge in [-0.25, -0.2) is 0 Å². The molecule has 2 heterocycles. The first kappa shape index (κ1) is 10.4. The van der Waals surface area contributed by atoms with Crippen molar-refractivity contribution in [1.82, 2.24) is 4.90 Å². The number of halogens is 1. The van der Waals surface area contributed by atoms with Crippen LogP contribution in [0.2, 0.25) is 0 Å². The van der Waals surface area contributed by atoms with Crippen molar-refractivity contribution in [3.8, 4) is 0 Å². The molecule has 3 nitrogen and oxygen atoms in total. The molecule has 0 aromatic carbocycles. The molecule has 0 saturated carbocycles. The molecule has 14 heavy (non-hydrogen) atoms. The average molecular weight is 322 g/mol. The number of carbonyl (C=O) groups excluding carboxylic acids is 1. The zero-order valence-electron chi connectivity index (χ0n) is 7.57. The molecule has 2 rings (SSSR count). The van der Waals surface area contributed by atoms with Crippen molar-refractivity contribution in [2.24, 2.45) is 5.73 Å². The van der Waals surface area contributed by atoms with E-state index in [0.717, 1.165) is 21.4 Å². The molecule has 1 amide bonds. The van der Waals surface area contributed by atoms with Gasteiger partial charge in [0.15, 0.2) is 0 Å².